The summed E-state index contributed by atoms with van der Waals surface area (Å²) in [6, 6.07) is 13.3. The molecule has 0 saturated heterocycles. The Labute approximate surface area is 201 Å². The average Bonchev–Trinajstić information content (AvgIpc) is 2.76. The quantitative estimate of drug-likeness (QED) is 0.546. The van der Waals surface area contributed by atoms with E-state index in [2.05, 4.69) is 5.32 Å². The van der Waals surface area contributed by atoms with Gasteiger partial charge in [0.1, 0.15) is 12.6 Å². The van der Waals surface area contributed by atoms with E-state index in [1.807, 2.05) is 44.2 Å². The molecule has 7 nitrogen and oxygen atoms in total. The third-order valence-corrected chi connectivity index (χ3v) is 6.84. The molecule has 0 spiro atoms. The van der Waals surface area contributed by atoms with Crippen LogP contribution in [0, 0.1) is 6.92 Å². The molecule has 0 aliphatic carbocycles. The Morgan fingerprint density at radius 2 is 1.73 bits per heavy atom. The lowest BCUT2D eigenvalue weighted by Gasteiger charge is -2.32. The van der Waals surface area contributed by atoms with E-state index in [-0.39, 0.29) is 18.5 Å². The van der Waals surface area contributed by atoms with Crippen molar-refractivity contribution in [3.05, 3.63) is 64.7 Å². The van der Waals surface area contributed by atoms with Gasteiger partial charge < -0.3 is 10.2 Å². The van der Waals surface area contributed by atoms with E-state index >= 15 is 0 Å². The summed E-state index contributed by atoms with van der Waals surface area (Å²) in [5.41, 5.74) is 1.82. The Morgan fingerprint density at radius 1 is 1.09 bits per heavy atom. The SMILES string of the molecule is CC[C@H](C)NC(=O)[C@@H](C)N(Cc1ccccc1)C(=O)CN(c1cc(Cl)ccc1C)S(C)(=O)=O. The van der Waals surface area contributed by atoms with Gasteiger partial charge in [-0.2, -0.15) is 0 Å². The molecule has 0 fully saturated rings. The van der Waals surface area contributed by atoms with E-state index in [9.17, 15) is 18.0 Å². The molecule has 180 valence electrons. The molecule has 2 aromatic carbocycles. The lowest BCUT2D eigenvalue weighted by atomic mass is 10.1. The van der Waals surface area contributed by atoms with Crippen molar-refractivity contribution in [2.45, 2.75) is 52.7 Å². The molecule has 0 unspecified atom stereocenters. The fraction of sp³-hybridized carbons (Fsp3) is 0.417. The Bertz CT molecular complexity index is 1080. The van der Waals surface area contributed by atoms with Gasteiger partial charge in [-0.05, 0) is 50.5 Å². The van der Waals surface area contributed by atoms with E-state index in [0.29, 0.717) is 16.3 Å². The zero-order valence-corrected chi connectivity index (χ0v) is 21.3. The topological polar surface area (TPSA) is 86.8 Å². The summed E-state index contributed by atoms with van der Waals surface area (Å²) in [6.45, 7) is 6.96. The van der Waals surface area contributed by atoms with Crippen LogP contribution in [0.2, 0.25) is 5.02 Å². The van der Waals surface area contributed by atoms with Gasteiger partial charge >= 0.3 is 0 Å². The normalized spacial score (nSPS) is 13.2. The fourth-order valence-electron chi connectivity index (χ4n) is 3.27. The third kappa shape index (κ3) is 7.47. The minimum absolute atomic E-state index is 0.0461. The molecular formula is C24H32ClN3O4S. The van der Waals surface area contributed by atoms with Crippen LogP contribution < -0.4 is 9.62 Å². The van der Waals surface area contributed by atoms with Crippen molar-refractivity contribution in [3.8, 4) is 0 Å². The summed E-state index contributed by atoms with van der Waals surface area (Å²) in [5.74, 6) is -0.783. The highest BCUT2D eigenvalue weighted by Crippen LogP contribution is 2.26. The lowest BCUT2D eigenvalue weighted by Crippen LogP contribution is -2.52. The molecule has 0 bridgehead atoms. The summed E-state index contributed by atoms with van der Waals surface area (Å²) in [6.07, 6.45) is 1.79. The number of sulfonamides is 1. The number of hydrogen-bond donors (Lipinski definition) is 1. The number of nitrogens with one attached hydrogen (secondary N) is 1. The summed E-state index contributed by atoms with van der Waals surface area (Å²) < 4.78 is 26.3. The second-order valence-electron chi connectivity index (χ2n) is 8.20. The van der Waals surface area contributed by atoms with Crippen LogP contribution in [0.1, 0.15) is 38.3 Å². The third-order valence-electron chi connectivity index (χ3n) is 5.48. The Morgan fingerprint density at radius 3 is 2.30 bits per heavy atom. The standard InChI is InChI=1S/C24H32ClN3O4S/c1-6-18(3)26-24(30)19(4)27(15-20-10-8-7-9-11-20)23(29)16-28(33(5,31)32)22-14-21(25)13-12-17(22)2/h7-14,18-19H,6,15-16H2,1-5H3,(H,26,30)/t18-,19+/m0/s1. The molecule has 33 heavy (non-hydrogen) atoms. The van der Waals surface area contributed by atoms with Crippen LogP contribution in [0.25, 0.3) is 0 Å². The highest BCUT2D eigenvalue weighted by Gasteiger charge is 2.31. The molecule has 2 aromatic rings. The Balaban J connectivity index is 2.40. The molecule has 0 aromatic heterocycles. The number of anilines is 1. The van der Waals surface area contributed by atoms with Crippen LogP contribution >= 0.6 is 11.6 Å². The number of carbonyl (C=O) groups is 2. The first-order chi connectivity index (χ1) is 15.4. The summed E-state index contributed by atoms with van der Waals surface area (Å²) in [4.78, 5) is 27.7. The first kappa shape index (κ1) is 26.7. The van der Waals surface area contributed by atoms with Crippen LogP contribution in [-0.4, -0.2) is 50.0 Å². The molecular weight excluding hydrogens is 462 g/mol. The van der Waals surface area contributed by atoms with Crippen molar-refractivity contribution < 1.29 is 18.0 Å². The number of benzene rings is 2. The van der Waals surface area contributed by atoms with Gasteiger partial charge in [-0.3, -0.25) is 13.9 Å². The minimum Gasteiger partial charge on any atom is -0.352 e. The van der Waals surface area contributed by atoms with Gasteiger partial charge in [0.05, 0.1) is 11.9 Å². The van der Waals surface area contributed by atoms with Gasteiger partial charge in [0.25, 0.3) is 0 Å². The van der Waals surface area contributed by atoms with Crippen LogP contribution in [0.15, 0.2) is 48.5 Å². The summed E-state index contributed by atoms with van der Waals surface area (Å²) >= 11 is 6.10. The largest absolute Gasteiger partial charge is 0.352 e. The lowest BCUT2D eigenvalue weighted by molar-refractivity contribution is -0.139. The number of aryl methyl sites for hydroxylation is 1. The van der Waals surface area contributed by atoms with Crippen molar-refractivity contribution in [2.75, 3.05) is 17.1 Å². The molecule has 2 atom stereocenters. The van der Waals surface area contributed by atoms with Crippen molar-refractivity contribution in [3.63, 3.8) is 0 Å². The van der Waals surface area contributed by atoms with Gasteiger partial charge in [0.15, 0.2) is 0 Å². The number of hydrogen-bond acceptors (Lipinski definition) is 4. The van der Waals surface area contributed by atoms with Gasteiger partial charge in [0, 0.05) is 17.6 Å². The van der Waals surface area contributed by atoms with Crippen molar-refractivity contribution in [1.82, 2.24) is 10.2 Å². The van der Waals surface area contributed by atoms with E-state index in [1.54, 1.807) is 26.0 Å². The number of nitrogens with zero attached hydrogens (tertiary/aromatic N) is 2. The molecule has 2 rings (SSSR count). The predicted molar refractivity (Wildman–Crippen MR) is 133 cm³/mol. The average molecular weight is 494 g/mol. The van der Waals surface area contributed by atoms with Crippen molar-refractivity contribution in [1.29, 1.82) is 0 Å². The highest BCUT2D eigenvalue weighted by molar-refractivity contribution is 7.92. The van der Waals surface area contributed by atoms with Crippen LogP contribution in [0.5, 0.6) is 0 Å². The monoisotopic (exact) mass is 493 g/mol. The Kier molecular flexibility index (Phi) is 9.31. The van der Waals surface area contributed by atoms with Gasteiger partial charge in [-0.15, -0.1) is 0 Å². The summed E-state index contributed by atoms with van der Waals surface area (Å²) in [5, 5.41) is 3.26. The van der Waals surface area contributed by atoms with Gasteiger partial charge in [0.2, 0.25) is 21.8 Å². The smallest absolute Gasteiger partial charge is 0.244 e. The zero-order valence-electron chi connectivity index (χ0n) is 19.7. The molecule has 9 heteroatoms. The number of halogens is 1. The molecule has 0 saturated carbocycles. The van der Waals surface area contributed by atoms with Crippen LogP contribution in [0.4, 0.5) is 5.69 Å². The number of amides is 2. The maximum absolute atomic E-state index is 13.5. The first-order valence-electron chi connectivity index (χ1n) is 10.8. The molecule has 0 aliphatic rings. The van der Waals surface area contributed by atoms with Gasteiger partial charge in [-0.25, -0.2) is 8.42 Å². The number of carbonyl (C=O) groups excluding carboxylic acids is 2. The second-order valence-corrected chi connectivity index (χ2v) is 10.5. The molecule has 2 amide bonds. The maximum Gasteiger partial charge on any atom is 0.244 e. The molecule has 0 radical (unpaired) electrons. The maximum atomic E-state index is 13.5. The van der Waals surface area contributed by atoms with Gasteiger partial charge in [-0.1, -0.05) is 54.9 Å². The van der Waals surface area contributed by atoms with Crippen LogP contribution in [0.3, 0.4) is 0 Å². The van der Waals surface area contributed by atoms with Crippen molar-refractivity contribution >= 4 is 39.1 Å². The van der Waals surface area contributed by atoms with E-state index < -0.39 is 28.5 Å². The highest BCUT2D eigenvalue weighted by atomic mass is 35.5. The second kappa shape index (κ2) is 11.5. The fourth-order valence-corrected chi connectivity index (χ4v) is 4.34. The van der Waals surface area contributed by atoms with Crippen LogP contribution in [-0.2, 0) is 26.2 Å². The molecule has 0 heterocycles. The number of rotatable bonds is 10. The first-order valence-corrected chi connectivity index (χ1v) is 13.0. The van der Waals surface area contributed by atoms with E-state index in [1.165, 1.54) is 11.0 Å². The molecule has 1 N–H and O–H groups in total. The minimum atomic E-state index is -3.80. The van der Waals surface area contributed by atoms with E-state index in [0.717, 1.165) is 22.5 Å². The molecule has 0 aliphatic heterocycles. The van der Waals surface area contributed by atoms with E-state index in [4.69, 9.17) is 11.6 Å². The van der Waals surface area contributed by atoms with Crippen molar-refractivity contribution in [2.24, 2.45) is 0 Å². The summed E-state index contributed by atoms with van der Waals surface area (Å²) in [7, 11) is -3.80. The zero-order chi connectivity index (χ0) is 24.8. The Hall–Kier alpha value is -2.58. The predicted octanol–water partition coefficient (Wildman–Crippen LogP) is 3.75.